The number of nitrogens with two attached hydrogens (primary N) is 2. The molecule has 0 spiro atoms. The summed E-state index contributed by atoms with van der Waals surface area (Å²) in [5.41, 5.74) is 12.0. The minimum atomic E-state index is -0.474. The third-order valence-corrected chi connectivity index (χ3v) is 2.55. The van der Waals surface area contributed by atoms with E-state index in [9.17, 15) is 10.1 Å². The summed E-state index contributed by atoms with van der Waals surface area (Å²) >= 11 is 0. The third kappa shape index (κ3) is 4.14. The van der Waals surface area contributed by atoms with Gasteiger partial charge in [-0.05, 0) is 31.0 Å². The lowest BCUT2D eigenvalue weighted by atomic mass is 10.0. The number of hydrogen-bond acceptors (Lipinski definition) is 5. The van der Waals surface area contributed by atoms with E-state index in [1.54, 1.807) is 12.1 Å². The molecule has 102 valence electrons. The Morgan fingerprint density at radius 3 is 2.67 bits per heavy atom. The van der Waals surface area contributed by atoms with Crippen molar-refractivity contribution in [1.29, 1.82) is 0 Å². The van der Waals surface area contributed by atoms with Gasteiger partial charge in [0, 0.05) is 12.1 Å². The molecule has 0 saturated carbocycles. The van der Waals surface area contributed by atoms with Crippen LogP contribution < -0.4 is 16.2 Å². The van der Waals surface area contributed by atoms with Crippen LogP contribution in [0.4, 0.5) is 5.69 Å². The zero-order valence-electron chi connectivity index (χ0n) is 10.2. The minimum Gasteiger partial charge on any atom is -0.490 e. The Kier molecular flexibility index (Phi) is 7.26. The first kappa shape index (κ1) is 16.6. The average Bonchev–Trinajstić information content (AvgIpc) is 2.34. The van der Waals surface area contributed by atoms with Crippen LogP contribution in [0.25, 0.3) is 0 Å². The molecule has 0 aliphatic carbocycles. The monoisotopic (exact) mass is 275 g/mol. The lowest BCUT2D eigenvalue weighted by Gasteiger charge is -2.12. The van der Waals surface area contributed by atoms with Crippen molar-refractivity contribution in [2.45, 2.75) is 18.9 Å². The second-order valence-corrected chi connectivity index (χ2v) is 3.73. The van der Waals surface area contributed by atoms with Gasteiger partial charge in [-0.25, -0.2) is 0 Å². The summed E-state index contributed by atoms with van der Waals surface area (Å²) in [6.45, 7) is 0.561. The summed E-state index contributed by atoms with van der Waals surface area (Å²) in [5.74, 6) is 0.241. The van der Waals surface area contributed by atoms with E-state index >= 15 is 0 Å². The van der Waals surface area contributed by atoms with Gasteiger partial charge in [-0.2, -0.15) is 0 Å². The van der Waals surface area contributed by atoms with Gasteiger partial charge < -0.3 is 16.2 Å². The number of methoxy groups -OCH3 is 1. The fraction of sp³-hybridized carbons (Fsp3) is 0.455. The summed E-state index contributed by atoms with van der Waals surface area (Å²) in [7, 11) is 1.40. The number of benzene rings is 1. The predicted molar refractivity (Wildman–Crippen MR) is 72.1 cm³/mol. The molecule has 1 aromatic rings. The standard InChI is InChI=1S/C11H17N3O3.ClH/c1-17-11-5-4-8(7-10(11)14(15)16)9(13)3-2-6-12;/h4-5,7,9H,2-3,6,12-13H2,1H3;1H/t9-;/m0./s1. The quantitative estimate of drug-likeness (QED) is 0.608. The number of halogens is 1. The highest BCUT2D eigenvalue weighted by atomic mass is 35.5. The van der Waals surface area contributed by atoms with Crippen LogP contribution in [0.1, 0.15) is 24.4 Å². The van der Waals surface area contributed by atoms with E-state index in [1.807, 2.05) is 0 Å². The van der Waals surface area contributed by atoms with Gasteiger partial charge in [-0.1, -0.05) is 6.07 Å². The van der Waals surface area contributed by atoms with Gasteiger partial charge >= 0.3 is 5.69 Å². The van der Waals surface area contributed by atoms with Gasteiger partial charge in [0.15, 0.2) is 5.75 Å². The smallest absolute Gasteiger partial charge is 0.311 e. The second kappa shape index (κ2) is 7.86. The number of hydrogen-bond donors (Lipinski definition) is 2. The minimum absolute atomic E-state index is 0. The fourth-order valence-electron chi connectivity index (χ4n) is 1.58. The Morgan fingerprint density at radius 1 is 1.50 bits per heavy atom. The number of nitro benzene ring substituents is 1. The van der Waals surface area contributed by atoms with Gasteiger partial charge in [0.1, 0.15) is 0 Å². The summed E-state index contributed by atoms with van der Waals surface area (Å²) in [5, 5.41) is 10.8. The van der Waals surface area contributed by atoms with E-state index in [2.05, 4.69) is 0 Å². The van der Waals surface area contributed by atoms with Crippen LogP contribution in [0.5, 0.6) is 5.75 Å². The summed E-state index contributed by atoms with van der Waals surface area (Å²) in [6, 6.07) is 4.53. The normalized spacial score (nSPS) is 11.5. The van der Waals surface area contributed by atoms with Crippen LogP contribution in [0.2, 0.25) is 0 Å². The zero-order chi connectivity index (χ0) is 12.8. The number of nitrogens with zero attached hydrogens (tertiary/aromatic N) is 1. The first-order valence-corrected chi connectivity index (χ1v) is 5.38. The third-order valence-electron chi connectivity index (χ3n) is 2.55. The highest BCUT2D eigenvalue weighted by Crippen LogP contribution is 2.30. The van der Waals surface area contributed by atoms with E-state index in [1.165, 1.54) is 13.2 Å². The van der Waals surface area contributed by atoms with E-state index < -0.39 is 4.92 Å². The zero-order valence-corrected chi connectivity index (χ0v) is 11.0. The van der Waals surface area contributed by atoms with Crippen LogP contribution >= 0.6 is 12.4 Å². The molecule has 4 N–H and O–H groups in total. The average molecular weight is 276 g/mol. The molecule has 0 bridgehead atoms. The molecule has 0 radical (unpaired) electrons. The number of ether oxygens (including phenoxy) is 1. The molecule has 1 atom stereocenters. The van der Waals surface area contributed by atoms with Crippen molar-refractivity contribution in [3.8, 4) is 5.75 Å². The molecule has 0 unspecified atom stereocenters. The van der Waals surface area contributed by atoms with Crippen LogP contribution in [0, 0.1) is 10.1 Å². The molecular weight excluding hydrogens is 258 g/mol. The summed E-state index contributed by atoms with van der Waals surface area (Å²) < 4.78 is 4.92. The lowest BCUT2D eigenvalue weighted by molar-refractivity contribution is -0.385. The molecule has 0 aromatic heterocycles. The molecule has 0 fully saturated rings. The largest absolute Gasteiger partial charge is 0.490 e. The van der Waals surface area contributed by atoms with Crippen molar-refractivity contribution in [2.75, 3.05) is 13.7 Å². The van der Waals surface area contributed by atoms with E-state index in [-0.39, 0.29) is 29.9 Å². The van der Waals surface area contributed by atoms with Crippen molar-refractivity contribution in [3.05, 3.63) is 33.9 Å². The molecule has 0 aliphatic heterocycles. The highest BCUT2D eigenvalue weighted by molar-refractivity contribution is 5.85. The Balaban J connectivity index is 0.00000289. The second-order valence-electron chi connectivity index (χ2n) is 3.73. The van der Waals surface area contributed by atoms with Crippen LogP contribution in [-0.4, -0.2) is 18.6 Å². The SMILES string of the molecule is COc1ccc([C@@H](N)CCCN)cc1[N+](=O)[O-].Cl. The van der Waals surface area contributed by atoms with E-state index in [4.69, 9.17) is 16.2 Å². The summed E-state index contributed by atoms with van der Waals surface area (Å²) in [6.07, 6.45) is 1.50. The first-order chi connectivity index (χ1) is 8.10. The molecule has 0 amide bonds. The van der Waals surface area contributed by atoms with Crippen molar-refractivity contribution in [2.24, 2.45) is 11.5 Å². The molecular formula is C11H18ClN3O3. The Bertz CT molecular complexity index is 401. The highest BCUT2D eigenvalue weighted by Gasteiger charge is 2.17. The van der Waals surface area contributed by atoms with Gasteiger partial charge in [-0.15, -0.1) is 12.4 Å². The van der Waals surface area contributed by atoms with Crippen molar-refractivity contribution in [1.82, 2.24) is 0 Å². The first-order valence-electron chi connectivity index (χ1n) is 5.38. The van der Waals surface area contributed by atoms with Gasteiger partial charge in [0.25, 0.3) is 0 Å². The Morgan fingerprint density at radius 2 is 2.17 bits per heavy atom. The number of rotatable bonds is 6. The van der Waals surface area contributed by atoms with Crippen molar-refractivity contribution < 1.29 is 9.66 Å². The molecule has 18 heavy (non-hydrogen) atoms. The molecule has 7 heteroatoms. The van der Waals surface area contributed by atoms with Gasteiger partial charge in [0.05, 0.1) is 12.0 Å². The molecule has 1 aromatic carbocycles. The molecule has 0 aliphatic rings. The van der Waals surface area contributed by atoms with Crippen molar-refractivity contribution >= 4 is 18.1 Å². The Labute approximate surface area is 112 Å². The van der Waals surface area contributed by atoms with Gasteiger partial charge in [-0.3, -0.25) is 10.1 Å². The van der Waals surface area contributed by atoms with Crippen molar-refractivity contribution in [3.63, 3.8) is 0 Å². The van der Waals surface area contributed by atoms with Gasteiger partial charge in [0.2, 0.25) is 0 Å². The van der Waals surface area contributed by atoms with E-state index in [0.717, 1.165) is 12.0 Å². The molecule has 6 nitrogen and oxygen atoms in total. The topological polar surface area (TPSA) is 104 Å². The lowest BCUT2D eigenvalue weighted by Crippen LogP contribution is -2.12. The van der Waals surface area contributed by atoms with E-state index in [0.29, 0.717) is 13.0 Å². The molecule has 1 rings (SSSR count). The van der Waals surface area contributed by atoms with Crippen LogP contribution in [0.3, 0.4) is 0 Å². The maximum atomic E-state index is 10.8. The maximum Gasteiger partial charge on any atom is 0.311 e. The maximum absolute atomic E-state index is 10.8. The number of nitro groups is 1. The molecule has 0 saturated heterocycles. The van der Waals surface area contributed by atoms with Crippen LogP contribution in [0.15, 0.2) is 18.2 Å². The fourth-order valence-corrected chi connectivity index (χ4v) is 1.58. The van der Waals surface area contributed by atoms with Crippen LogP contribution in [-0.2, 0) is 0 Å². The Hall–Kier alpha value is -1.37. The predicted octanol–water partition coefficient (Wildman–Crippen LogP) is 1.76. The molecule has 0 heterocycles. The summed E-state index contributed by atoms with van der Waals surface area (Å²) in [4.78, 5) is 10.4.